The van der Waals surface area contributed by atoms with Crippen LogP contribution in [0.3, 0.4) is 0 Å². The molecule has 0 bridgehead atoms. The molecule has 1 N–H and O–H groups in total. The van der Waals surface area contributed by atoms with E-state index in [1.165, 1.54) is 19.0 Å². The van der Waals surface area contributed by atoms with Gasteiger partial charge in [-0.15, -0.1) is 0 Å². The van der Waals surface area contributed by atoms with Gasteiger partial charge in [0.05, 0.1) is 5.69 Å². The first-order valence-corrected chi connectivity index (χ1v) is 13.1. The van der Waals surface area contributed by atoms with Gasteiger partial charge in [-0.2, -0.15) is 12.7 Å². The molecule has 0 aliphatic carbocycles. The molecule has 0 fully saturated rings. The van der Waals surface area contributed by atoms with Crippen molar-refractivity contribution in [2.75, 3.05) is 24.9 Å². The molecule has 2 aromatic rings. The first kappa shape index (κ1) is 28.3. The Hall–Kier alpha value is -2.91. The van der Waals surface area contributed by atoms with Crippen molar-refractivity contribution in [3.8, 4) is 0 Å². The van der Waals surface area contributed by atoms with Gasteiger partial charge in [-0.05, 0) is 51.8 Å². The average molecular weight is 503 g/mol. The molecule has 2 amide bonds. The fourth-order valence-electron chi connectivity index (χ4n) is 3.57. The van der Waals surface area contributed by atoms with E-state index in [1.54, 1.807) is 30.3 Å². The summed E-state index contributed by atoms with van der Waals surface area (Å²) in [7, 11) is -1.12. The molecule has 0 radical (unpaired) electrons. The Bertz CT molecular complexity index is 1090. The number of anilines is 1. The molecule has 9 heteroatoms. The third-order valence-corrected chi connectivity index (χ3v) is 7.24. The number of carbonyl (C=O) groups is 2. The number of aryl methyl sites for hydroxylation is 1. The molecule has 1 atom stereocenters. The largest absolute Gasteiger partial charge is 0.350 e. The highest BCUT2D eigenvalue weighted by Gasteiger charge is 2.34. The lowest BCUT2D eigenvalue weighted by Crippen LogP contribution is -2.55. The summed E-state index contributed by atoms with van der Waals surface area (Å²) in [5.41, 5.74) is 1.83. The second kappa shape index (κ2) is 11.7. The summed E-state index contributed by atoms with van der Waals surface area (Å²) in [4.78, 5) is 28.4. The predicted molar refractivity (Wildman–Crippen MR) is 140 cm³/mol. The van der Waals surface area contributed by atoms with E-state index in [4.69, 9.17) is 0 Å². The quantitative estimate of drug-likeness (QED) is 0.540. The number of rotatable bonds is 10. The first-order chi connectivity index (χ1) is 16.3. The molecular formula is C26H38N4O4S. The Morgan fingerprint density at radius 3 is 2.03 bits per heavy atom. The summed E-state index contributed by atoms with van der Waals surface area (Å²) in [5, 5.41) is 2.96. The minimum Gasteiger partial charge on any atom is -0.350 e. The second-order valence-electron chi connectivity index (χ2n) is 9.80. The van der Waals surface area contributed by atoms with Gasteiger partial charge in [0.25, 0.3) is 0 Å². The molecule has 0 aromatic heterocycles. The number of amides is 2. The van der Waals surface area contributed by atoms with Crippen LogP contribution >= 0.6 is 0 Å². The normalized spacial score (nSPS) is 12.8. The molecule has 0 unspecified atom stereocenters. The number of nitrogens with zero attached hydrogens (tertiary/aromatic N) is 3. The van der Waals surface area contributed by atoms with Crippen molar-refractivity contribution in [3.05, 3.63) is 65.7 Å². The summed E-state index contributed by atoms with van der Waals surface area (Å²) in [6.45, 7) is 9.20. The van der Waals surface area contributed by atoms with Crippen molar-refractivity contribution in [1.29, 1.82) is 0 Å². The van der Waals surface area contributed by atoms with E-state index in [1.807, 2.05) is 58.9 Å². The third-order valence-electron chi connectivity index (χ3n) is 5.42. The van der Waals surface area contributed by atoms with Crippen LogP contribution < -0.4 is 9.62 Å². The van der Waals surface area contributed by atoms with Gasteiger partial charge >= 0.3 is 10.2 Å². The Labute approximate surface area is 210 Å². The summed E-state index contributed by atoms with van der Waals surface area (Å²) >= 11 is 0. The second-order valence-corrected chi connectivity index (χ2v) is 11.9. The maximum Gasteiger partial charge on any atom is 0.304 e. The van der Waals surface area contributed by atoms with E-state index in [-0.39, 0.29) is 12.5 Å². The summed E-state index contributed by atoms with van der Waals surface area (Å²) in [6, 6.07) is 15.4. The maximum absolute atomic E-state index is 13.8. The maximum atomic E-state index is 13.8. The van der Waals surface area contributed by atoms with E-state index in [9.17, 15) is 18.0 Å². The van der Waals surface area contributed by atoms with E-state index in [2.05, 4.69) is 5.32 Å². The van der Waals surface area contributed by atoms with Crippen LogP contribution in [0.25, 0.3) is 0 Å². The third kappa shape index (κ3) is 7.80. The van der Waals surface area contributed by atoms with E-state index in [0.29, 0.717) is 12.1 Å². The van der Waals surface area contributed by atoms with Gasteiger partial charge in [0.2, 0.25) is 11.8 Å². The van der Waals surface area contributed by atoms with Crippen molar-refractivity contribution in [2.24, 2.45) is 0 Å². The summed E-state index contributed by atoms with van der Waals surface area (Å²) in [6.07, 6.45) is 0.380. The molecule has 192 valence electrons. The SMILES string of the molecule is CC[C@H](C(=O)NC(C)(C)C)N(Cc1ccc(C)cc1)C(=O)CN(c1ccccc1)S(=O)(=O)N(C)C. The molecule has 0 aliphatic rings. The van der Waals surface area contributed by atoms with Crippen LogP contribution in [-0.4, -0.2) is 61.7 Å². The number of para-hydroxylation sites is 1. The highest BCUT2D eigenvalue weighted by Crippen LogP contribution is 2.21. The number of carbonyl (C=O) groups excluding carboxylic acids is 2. The zero-order valence-corrected chi connectivity index (χ0v) is 22.6. The smallest absolute Gasteiger partial charge is 0.304 e. The zero-order chi connectivity index (χ0) is 26.4. The fourth-order valence-corrected chi connectivity index (χ4v) is 4.63. The van der Waals surface area contributed by atoms with Gasteiger partial charge in [-0.1, -0.05) is 55.0 Å². The van der Waals surface area contributed by atoms with E-state index in [0.717, 1.165) is 19.7 Å². The first-order valence-electron chi connectivity index (χ1n) is 11.7. The van der Waals surface area contributed by atoms with Crippen LogP contribution in [0.5, 0.6) is 0 Å². The highest BCUT2D eigenvalue weighted by atomic mass is 32.2. The topological polar surface area (TPSA) is 90.0 Å². The van der Waals surface area contributed by atoms with Crippen molar-refractivity contribution in [3.63, 3.8) is 0 Å². The van der Waals surface area contributed by atoms with Crippen LogP contribution in [-0.2, 0) is 26.3 Å². The fraction of sp³-hybridized carbons (Fsp3) is 0.462. The molecule has 2 rings (SSSR count). The van der Waals surface area contributed by atoms with Gasteiger partial charge in [-0.3, -0.25) is 9.59 Å². The van der Waals surface area contributed by atoms with Crippen LogP contribution in [0, 0.1) is 6.92 Å². The van der Waals surface area contributed by atoms with E-state index >= 15 is 0 Å². The predicted octanol–water partition coefficient (Wildman–Crippen LogP) is 3.33. The van der Waals surface area contributed by atoms with Crippen molar-refractivity contribution >= 4 is 27.7 Å². The number of hydrogen-bond donors (Lipinski definition) is 1. The Kier molecular flexibility index (Phi) is 9.45. The molecule has 0 aliphatic heterocycles. The van der Waals surface area contributed by atoms with E-state index < -0.39 is 34.2 Å². The Morgan fingerprint density at radius 1 is 0.971 bits per heavy atom. The lowest BCUT2D eigenvalue weighted by Gasteiger charge is -2.35. The summed E-state index contributed by atoms with van der Waals surface area (Å²) < 4.78 is 28.4. The number of benzene rings is 2. The van der Waals surface area contributed by atoms with Crippen molar-refractivity contribution in [2.45, 2.75) is 59.2 Å². The standard InChI is InChI=1S/C26H38N4O4S/c1-8-23(25(32)27-26(3,4)5)29(18-21-16-14-20(2)15-17-21)24(31)19-30(35(33,34)28(6)7)22-12-10-9-11-13-22/h9-17,23H,8,18-19H2,1-7H3,(H,27,32)/t23-/m1/s1. The number of hydrogen-bond acceptors (Lipinski definition) is 4. The Balaban J connectivity index is 2.48. The van der Waals surface area contributed by atoms with Gasteiger partial charge in [0.1, 0.15) is 12.6 Å². The molecule has 35 heavy (non-hydrogen) atoms. The molecule has 2 aromatic carbocycles. The molecule has 0 spiro atoms. The minimum atomic E-state index is -3.96. The van der Waals surface area contributed by atoms with Crippen molar-refractivity contribution in [1.82, 2.24) is 14.5 Å². The highest BCUT2D eigenvalue weighted by molar-refractivity contribution is 7.90. The molecular weight excluding hydrogens is 464 g/mol. The lowest BCUT2D eigenvalue weighted by atomic mass is 10.1. The monoisotopic (exact) mass is 502 g/mol. The molecule has 0 heterocycles. The average Bonchev–Trinajstić information content (AvgIpc) is 2.77. The molecule has 8 nitrogen and oxygen atoms in total. The van der Waals surface area contributed by atoms with Crippen LogP contribution in [0.15, 0.2) is 54.6 Å². The number of nitrogens with one attached hydrogen (secondary N) is 1. The van der Waals surface area contributed by atoms with Gasteiger partial charge < -0.3 is 10.2 Å². The van der Waals surface area contributed by atoms with Gasteiger partial charge in [-0.25, -0.2) is 4.31 Å². The Morgan fingerprint density at radius 2 is 1.54 bits per heavy atom. The summed E-state index contributed by atoms with van der Waals surface area (Å²) in [5.74, 6) is -0.738. The van der Waals surface area contributed by atoms with Gasteiger partial charge in [0, 0.05) is 26.2 Å². The van der Waals surface area contributed by atoms with Gasteiger partial charge in [0.15, 0.2) is 0 Å². The van der Waals surface area contributed by atoms with Crippen molar-refractivity contribution < 1.29 is 18.0 Å². The molecule has 0 saturated carbocycles. The minimum absolute atomic E-state index is 0.180. The molecule has 0 saturated heterocycles. The van der Waals surface area contributed by atoms with Crippen LogP contribution in [0.1, 0.15) is 45.2 Å². The van der Waals surface area contributed by atoms with Crippen LogP contribution in [0.2, 0.25) is 0 Å². The lowest BCUT2D eigenvalue weighted by molar-refractivity contribution is -0.141. The van der Waals surface area contributed by atoms with Crippen LogP contribution in [0.4, 0.5) is 5.69 Å². The zero-order valence-electron chi connectivity index (χ0n) is 21.8.